The van der Waals surface area contributed by atoms with Crippen LogP contribution >= 0.6 is 15.6 Å². The largest absolute Gasteiger partial charge is 0.472 e. The van der Waals surface area contributed by atoms with E-state index in [0.717, 1.165) is 102 Å². The molecule has 17 nitrogen and oxygen atoms in total. The van der Waals surface area contributed by atoms with E-state index in [4.69, 9.17) is 37.0 Å². The minimum atomic E-state index is -4.95. The fourth-order valence-corrected chi connectivity index (χ4v) is 12.4. The van der Waals surface area contributed by atoms with Gasteiger partial charge >= 0.3 is 39.5 Å². The number of phosphoric acid groups is 2. The molecule has 90 heavy (non-hydrogen) atoms. The van der Waals surface area contributed by atoms with E-state index in [1.165, 1.54) is 186 Å². The quantitative estimate of drug-likeness (QED) is 0.0222. The summed E-state index contributed by atoms with van der Waals surface area (Å²) in [7, 11) is -9.90. The lowest BCUT2D eigenvalue weighted by Crippen LogP contribution is -2.30. The number of unbranched alkanes of at least 4 members (excludes halogenated alkanes) is 43. The van der Waals surface area contributed by atoms with Gasteiger partial charge in [-0.3, -0.25) is 37.3 Å². The molecular formula is C71H138O17P2. The van der Waals surface area contributed by atoms with Crippen molar-refractivity contribution >= 4 is 39.5 Å². The molecule has 0 saturated carbocycles. The highest BCUT2D eigenvalue weighted by Crippen LogP contribution is 2.45. The average Bonchev–Trinajstić information content (AvgIpc) is 2.89. The summed E-state index contributed by atoms with van der Waals surface area (Å²) in [6, 6.07) is 0. The van der Waals surface area contributed by atoms with E-state index < -0.39 is 97.5 Å². The first kappa shape index (κ1) is 88.1. The fourth-order valence-electron chi connectivity index (χ4n) is 10.8. The number of rotatable bonds is 71. The van der Waals surface area contributed by atoms with Gasteiger partial charge in [0.15, 0.2) is 12.2 Å². The first-order valence-corrected chi connectivity index (χ1v) is 40.1. The van der Waals surface area contributed by atoms with Gasteiger partial charge in [0.05, 0.1) is 26.4 Å². The summed E-state index contributed by atoms with van der Waals surface area (Å²) >= 11 is 0. The third-order valence-electron chi connectivity index (χ3n) is 16.5. The van der Waals surface area contributed by atoms with Crippen LogP contribution in [0.2, 0.25) is 0 Å². The van der Waals surface area contributed by atoms with Crippen LogP contribution in [0.4, 0.5) is 0 Å². The molecule has 0 aromatic rings. The van der Waals surface area contributed by atoms with Gasteiger partial charge in [0.2, 0.25) is 0 Å². The number of hydrogen-bond acceptors (Lipinski definition) is 15. The second-order valence-corrected chi connectivity index (χ2v) is 29.0. The molecule has 2 unspecified atom stereocenters. The minimum Gasteiger partial charge on any atom is -0.462 e. The standard InChI is InChI=1S/C71H138O17P2/c1-6-9-12-15-18-21-23-25-27-29-31-33-35-41-46-51-56-70(75)87-67(61-82-69(74)55-50-45-40-34-32-30-28-26-24-22-19-16-13-10-7-2)63-86-90(79,80)84-59-65(72)58-83-89(77,78)85-62-66(60-81-68(73)54-49-44-39-20-17-14-11-8-3)88-71(76)57-52-47-42-37-36-38-43-48-53-64(4)5/h64-67,72H,6-63H2,1-5H3,(H,77,78)(H,79,80)/t65-,66+,67+/m0/s1. The second-order valence-electron chi connectivity index (χ2n) is 26.1. The van der Waals surface area contributed by atoms with Crippen molar-refractivity contribution in [2.75, 3.05) is 39.6 Å². The Morgan fingerprint density at radius 2 is 0.511 bits per heavy atom. The lowest BCUT2D eigenvalue weighted by Gasteiger charge is -2.21. The smallest absolute Gasteiger partial charge is 0.462 e. The average molecular weight is 1330 g/mol. The predicted molar refractivity (Wildman–Crippen MR) is 363 cm³/mol. The van der Waals surface area contributed by atoms with Crippen LogP contribution in [0.25, 0.3) is 0 Å². The Morgan fingerprint density at radius 3 is 0.756 bits per heavy atom. The Hall–Kier alpha value is -1.94. The van der Waals surface area contributed by atoms with Crippen molar-refractivity contribution in [2.45, 2.75) is 387 Å². The van der Waals surface area contributed by atoms with Crippen LogP contribution in [0.3, 0.4) is 0 Å². The van der Waals surface area contributed by atoms with E-state index in [2.05, 4.69) is 34.6 Å². The zero-order chi connectivity index (χ0) is 66.3. The molecule has 534 valence electrons. The number of aliphatic hydroxyl groups is 1. The first-order chi connectivity index (χ1) is 43.5. The minimum absolute atomic E-state index is 0.105. The molecule has 0 fully saturated rings. The van der Waals surface area contributed by atoms with Crippen molar-refractivity contribution in [3.8, 4) is 0 Å². The number of ether oxygens (including phenoxy) is 4. The molecule has 0 aromatic heterocycles. The summed E-state index contributed by atoms with van der Waals surface area (Å²) in [6.45, 7) is 7.19. The van der Waals surface area contributed by atoms with Gasteiger partial charge in [-0.2, -0.15) is 0 Å². The third kappa shape index (κ3) is 64.8. The Morgan fingerprint density at radius 1 is 0.300 bits per heavy atom. The molecule has 0 aliphatic carbocycles. The highest BCUT2D eigenvalue weighted by molar-refractivity contribution is 7.47. The molecule has 0 aliphatic rings. The molecule has 5 atom stereocenters. The Bertz CT molecular complexity index is 1740. The topological polar surface area (TPSA) is 237 Å². The van der Waals surface area contributed by atoms with Crippen LogP contribution in [0.1, 0.15) is 369 Å². The van der Waals surface area contributed by atoms with Crippen molar-refractivity contribution in [2.24, 2.45) is 5.92 Å². The van der Waals surface area contributed by atoms with E-state index in [9.17, 15) is 43.2 Å². The zero-order valence-electron chi connectivity index (χ0n) is 58.3. The summed E-state index contributed by atoms with van der Waals surface area (Å²) in [6.07, 6.45) is 51.4. The van der Waals surface area contributed by atoms with E-state index >= 15 is 0 Å². The number of carbonyl (C=O) groups excluding carboxylic acids is 4. The summed E-state index contributed by atoms with van der Waals surface area (Å²) in [5.74, 6) is -1.40. The number of phosphoric ester groups is 2. The van der Waals surface area contributed by atoms with Crippen LogP contribution in [-0.2, 0) is 65.4 Å². The molecule has 0 radical (unpaired) electrons. The van der Waals surface area contributed by atoms with Crippen molar-refractivity contribution in [1.29, 1.82) is 0 Å². The van der Waals surface area contributed by atoms with Crippen LogP contribution in [0.15, 0.2) is 0 Å². The molecule has 0 amide bonds. The predicted octanol–water partition coefficient (Wildman–Crippen LogP) is 20.5. The first-order valence-electron chi connectivity index (χ1n) is 37.1. The highest BCUT2D eigenvalue weighted by atomic mass is 31.2. The normalized spacial score (nSPS) is 14.1. The van der Waals surface area contributed by atoms with Gasteiger partial charge < -0.3 is 33.8 Å². The van der Waals surface area contributed by atoms with Crippen LogP contribution < -0.4 is 0 Å². The van der Waals surface area contributed by atoms with Gasteiger partial charge in [0.1, 0.15) is 19.3 Å². The molecule has 0 aliphatic heterocycles. The van der Waals surface area contributed by atoms with Crippen molar-refractivity contribution in [3.05, 3.63) is 0 Å². The number of carbonyl (C=O) groups is 4. The van der Waals surface area contributed by atoms with E-state index in [1.54, 1.807) is 0 Å². The molecule has 0 rings (SSSR count). The maximum atomic E-state index is 13.0. The maximum Gasteiger partial charge on any atom is 0.472 e. The van der Waals surface area contributed by atoms with Gasteiger partial charge in [-0.1, -0.05) is 317 Å². The molecule has 0 saturated heterocycles. The summed E-state index contributed by atoms with van der Waals surface area (Å²) in [4.78, 5) is 72.5. The number of hydrogen-bond donors (Lipinski definition) is 3. The van der Waals surface area contributed by atoms with Gasteiger partial charge in [-0.05, 0) is 31.6 Å². The Balaban J connectivity index is 5.22. The van der Waals surface area contributed by atoms with Gasteiger partial charge in [0, 0.05) is 25.7 Å². The summed E-state index contributed by atoms with van der Waals surface area (Å²) in [5.41, 5.74) is 0. The maximum absolute atomic E-state index is 13.0. The number of esters is 4. The molecular weight excluding hydrogens is 1190 g/mol. The lowest BCUT2D eigenvalue weighted by molar-refractivity contribution is -0.161. The fraction of sp³-hybridized carbons (Fsp3) is 0.944. The van der Waals surface area contributed by atoms with E-state index in [0.29, 0.717) is 25.7 Å². The van der Waals surface area contributed by atoms with Crippen molar-refractivity contribution in [1.82, 2.24) is 0 Å². The third-order valence-corrected chi connectivity index (χ3v) is 18.4. The lowest BCUT2D eigenvalue weighted by atomic mass is 10.0. The Kier molecular flexibility index (Phi) is 63.0. The highest BCUT2D eigenvalue weighted by Gasteiger charge is 2.30. The number of aliphatic hydroxyl groups excluding tert-OH is 1. The van der Waals surface area contributed by atoms with Gasteiger partial charge in [-0.25, -0.2) is 9.13 Å². The van der Waals surface area contributed by atoms with Gasteiger partial charge in [-0.15, -0.1) is 0 Å². The molecule has 0 spiro atoms. The molecule has 3 N–H and O–H groups in total. The van der Waals surface area contributed by atoms with Crippen molar-refractivity contribution in [3.63, 3.8) is 0 Å². The molecule has 19 heteroatoms. The second kappa shape index (κ2) is 64.4. The van der Waals surface area contributed by atoms with Crippen LogP contribution in [0.5, 0.6) is 0 Å². The van der Waals surface area contributed by atoms with Crippen LogP contribution in [0, 0.1) is 5.92 Å². The van der Waals surface area contributed by atoms with Gasteiger partial charge in [0.25, 0.3) is 0 Å². The summed E-state index contributed by atoms with van der Waals surface area (Å²) < 4.78 is 68.3. The van der Waals surface area contributed by atoms with E-state index in [-0.39, 0.29) is 25.7 Å². The molecule has 0 heterocycles. The zero-order valence-corrected chi connectivity index (χ0v) is 60.1. The molecule has 0 aromatic carbocycles. The van der Waals surface area contributed by atoms with Crippen LogP contribution in [-0.4, -0.2) is 96.7 Å². The monoisotopic (exact) mass is 1320 g/mol. The summed E-state index contributed by atoms with van der Waals surface area (Å²) in [5, 5.41) is 10.6. The van der Waals surface area contributed by atoms with Crippen molar-refractivity contribution < 1.29 is 80.2 Å². The van der Waals surface area contributed by atoms with E-state index in [1.807, 2.05) is 0 Å². The SMILES string of the molecule is CCCCCCCCCCCCCCCCCCC(=O)O[C@H](COC(=O)CCCCCCCCCCCCCCCCC)COP(=O)(O)OC[C@@H](O)COP(=O)(O)OC[C@@H](COC(=O)CCCCCCCCCC)OC(=O)CCCCCCCCCCC(C)C. The Labute approximate surface area is 549 Å². The molecule has 0 bridgehead atoms.